The summed E-state index contributed by atoms with van der Waals surface area (Å²) in [5.74, 6) is 1.76. The third kappa shape index (κ3) is 3.78. The summed E-state index contributed by atoms with van der Waals surface area (Å²) in [6, 6.07) is 16.9. The summed E-state index contributed by atoms with van der Waals surface area (Å²) >= 11 is 0. The number of rotatable bonds is 5. The Morgan fingerprint density at radius 1 is 1.11 bits per heavy atom. The summed E-state index contributed by atoms with van der Waals surface area (Å²) in [5, 5.41) is 0. The molecule has 0 aromatic heterocycles. The molecule has 0 radical (unpaired) electrons. The lowest BCUT2D eigenvalue weighted by atomic mass is 10.0. The quantitative estimate of drug-likeness (QED) is 0.748. The predicted molar refractivity (Wildman–Crippen MR) is 105 cm³/mol. The van der Waals surface area contributed by atoms with Crippen LogP contribution in [0.3, 0.4) is 0 Å². The van der Waals surface area contributed by atoms with Gasteiger partial charge in [0.25, 0.3) is 0 Å². The van der Waals surface area contributed by atoms with Crippen molar-refractivity contribution in [2.45, 2.75) is 25.8 Å². The van der Waals surface area contributed by atoms with Gasteiger partial charge in [-0.05, 0) is 38.1 Å². The lowest BCUT2D eigenvalue weighted by Gasteiger charge is -2.42. The van der Waals surface area contributed by atoms with E-state index in [2.05, 4.69) is 40.1 Å². The Labute approximate surface area is 160 Å². The lowest BCUT2D eigenvalue weighted by molar-refractivity contribution is -0.143. The standard InChI is InChI=1S/C22H26N2O3/c1-2-26-22(25)12-7-13-23-14-15-24-18-9-4-6-11-21(18)27-20-10-5-3-8-17(20)19(24)16-23/h3-6,8-11,19H,2,7,12-16H2,1H3. The number of carbonyl (C=O) groups excluding carboxylic acids is 1. The molecule has 0 bridgehead atoms. The number of piperazine rings is 1. The van der Waals surface area contributed by atoms with Crippen molar-refractivity contribution in [3.8, 4) is 11.5 Å². The number of esters is 1. The van der Waals surface area contributed by atoms with Crippen molar-refractivity contribution in [3.63, 3.8) is 0 Å². The van der Waals surface area contributed by atoms with Gasteiger partial charge in [0.1, 0.15) is 5.75 Å². The van der Waals surface area contributed by atoms with Gasteiger partial charge in [0.15, 0.2) is 5.75 Å². The summed E-state index contributed by atoms with van der Waals surface area (Å²) in [7, 11) is 0. The number of anilines is 1. The molecule has 0 aliphatic carbocycles. The van der Waals surface area contributed by atoms with Gasteiger partial charge < -0.3 is 14.4 Å². The molecule has 2 aromatic rings. The molecule has 5 heteroatoms. The van der Waals surface area contributed by atoms with Crippen LogP contribution >= 0.6 is 0 Å². The highest BCUT2D eigenvalue weighted by Gasteiger charge is 2.34. The second kappa shape index (κ2) is 8.01. The molecule has 1 saturated heterocycles. The molecule has 0 saturated carbocycles. The summed E-state index contributed by atoms with van der Waals surface area (Å²) in [6.07, 6.45) is 1.32. The average Bonchev–Trinajstić information content (AvgIpc) is 2.82. The molecule has 1 unspecified atom stereocenters. The zero-order valence-electron chi connectivity index (χ0n) is 15.8. The fourth-order valence-corrected chi connectivity index (χ4v) is 4.03. The molecule has 142 valence electrons. The average molecular weight is 366 g/mol. The van der Waals surface area contributed by atoms with Crippen molar-refractivity contribution < 1.29 is 14.3 Å². The van der Waals surface area contributed by atoms with Crippen LogP contribution in [0.15, 0.2) is 48.5 Å². The monoisotopic (exact) mass is 366 g/mol. The van der Waals surface area contributed by atoms with E-state index in [-0.39, 0.29) is 12.0 Å². The first kappa shape index (κ1) is 17.9. The van der Waals surface area contributed by atoms with E-state index in [0.29, 0.717) is 13.0 Å². The first-order valence-electron chi connectivity index (χ1n) is 9.76. The summed E-state index contributed by atoms with van der Waals surface area (Å²) in [4.78, 5) is 16.5. The molecule has 27 heavy (non-hydrogen) atoms. The van der Waals surface area contributed by atoms with Gasteiger partial charge in [-0.3, -0.25) is 9.69 Å². The van der Waals surface area contributed by atoms with Crippen LogP contribution in [0.2, 0.25) is 0 Å². The number of ether oxygens (including phenoxy) is 2. The Morgan fingerprint density at radius 3 is 2.74 bits per heavy atom. The van der Waals surface area contributed by atoms with Crippen LogP contribution in [0, 0.1) is 0 Å². The van der Waals surface area contributed by atoms with Gasteiger partial charge in [-0.2, -0.15) is 0 Å². The van der Waals surface area contributed by atoms with E-state index >= 15 is 0 Å². The topological polar surface area (TPSA) is 42.0 Å². The Bertz CT molecular complexity index is 808. The molecule has 0 spiro atoms. The van der Waals surface area contributed by atoms with E-state index in [1.54, 1.807) is 0 Å². The molecule has 2 aliphatic heterocycles. The number of benzene rings is 2. The number of carbonyl (C=O) groups is 1. The SMILES string of the molecule is CCOC(=O)CCCN1CCN2c3ccccc3Oc3ccccc3C2C1. The van der Waals surface area contributed by atoms with Crippen LogP contribution in [0.1, 0.15) is 31.4 Å². The van der Waals surface area contributed by atoms with E-state index < -0.39 is 0 Å². The van der Waals surface area contributed by atoms with Crippen LogP contribution in [0.5, 0.6) is 11.5 Å². The molecule has 5 nitrogen and oxygen atoms in total. The zero-order chi connectivity index (χ0) is 18.6. The molecule has 1 fully saturated rings. The van der Waals surface area contributed by atoms with Gasteiger partial charge in [0.2, 0.25) is 0 Å². The molecular weight excluding hydrogens is 340 g/mol. The van der Waals surface area contributed by atoms with Gasteiger partial charge in [0.05, 0.1) is 18.3 Å². The number of hydrogen-bond acceptors (Lipinski definition) is 5. The van der Waals surface area contributed by atoms with E-state index in [1.165, 1.54) is 5.56 Å². The van der Waals surface area contributed by atoms with Crippen molar-refractivity contribution in [1.82, 2.24) is 4.90 Å². The Kier molecular flexibility index (Phi) is 5.30. The van der Waals surface area contributed by atoms with Crippen molar-refractivity contribution >= 4 is 11.7 Å². The van der Waals surface area contributed by atoms with Crippen LogP contribution < -0.4 is 9.64 Å². The van der Waals surface area contributed by atoms with E-state index in [0.717, 1.165) is 49.8 Å². The highest BCUT2D eigenvalue weighted by molar-refractivity contribution is 5.69. The highest BCUT2D eigenvalue weighted by Crippen LogP contribution is 2.45. The number of fused-ring (bicyclic) bond motifs is 5. The van der Waals surface area contributed by atoms with Crippen molar-refractivity contribution in [2.75, 3.05) is 37.7 Å². The second-order valence-electron chi connectivity index (χ2n) is 7.03. The minimum absolute atomic E-state index is 0.0988. The molecule has 2 aliphatic rings. The van der Waals surface area contributed by atoms with Crippen molar-refractivity contribution in [3.05, 3.63) is 54.1 Å². The maximum atomic E-state index is 11.6. The molecule has 2 aromatic carbocycles. The third-order valence-electron chi connectivity index (χ3n) is 5.30. The summed E-state index contributed by atoms with van der Waals surface area (Å²) in [5.41, 5.74) is 2.38. The van der Waals surface area contributed by atoms with E-state index in [1.807, 2.05) is 25.1 Å². The Morgan fingerprint density at radius 2 is 1.89 bits per heavy atom. The van der Waals surface area contributed by atoms with Gasteiger partial charge in [0, 0.05) is 31.6 Å². The molecule has 0 N–H and O–H groups in total. The number of hydrogen-bond donors (Lipinski definition) is 0. The maximum Gasteiger partial charge on any atom is 0.305 e. The van der Waals surface area contributed by atoms with Crippen LogP contribution in [-0.2, 0) is 9.53 Å². The molecule has 4 rings (SSSR count). The first-order chi connectivity index (χ1) is 13.3. The van der Waals surface area contributed by atoms with Crippen LogP contribution in [-0.4, -0.2) is 43.7 Å². The smallest absolute Gasteiger partial charge is 0.305 e. The summed E-state index contributed by atoms with van der Waals surface area (Å²) < 4.78 is 11.3. The third-order valence-corrected chi connectivity index (χ3v) is 5.30. The molecule has 1 atom stereocenters. The van der Waals surface area contributed by atoms with E-state index in [4.69, 9.17) is 9.47 Å². The fraction of sp³-hybridized carbons (Fsp3) is 0.409. The van der Waals surface area contributed by atoms with Gasteiger partial charge in [-0.25, -0.2) is 0 Å². The normalized spacial score (nSPS) is 18.6. The predicted octanol–water partition coefficient (Wildman–Crippen LogP) is 4.00. The molecule has 2 heterocycles. The van der Waals surface area contributed by atoms with E-state index in [9.17, 15) is 4.79 Å². The zero-order valence-corrected chi connectivity index (χ0v) is 15.8. The number of para-hydroxylation sites is 3. The molecule has 0 amide bonds. The maximum absolute atomic E-state index is 11.6. The Balaban J connectivity index is 1.52. The van der Waals surface area contributed by atoms with Crippen LogP contribution in [0.4, 0.5) is 5.69 Å². The highest BCUT2D eigenvalue weighted by atomic mass is 16.5. The largest absolute Gasteiger partial charge is 0.466 e. The fourth-order valence-electron chi connectivity index (χ4n) is 4.03. The van der Waals surface area contributed by atoms with Crippen LogP contribution in [0.25, 0.3) is 0 Å². The number of nitrogens with zero attached hydrogens (tertiary/aromatic N) is 2. The van der Waals surface area contributed by atoms with Gasteiger partial charge >= 0.3 is 5.97 Å². The Hall–Kier alpha value is -2.53. The minimum Gasteiger partial charge on any atom is -0.466 e. The van der Waals surface area contributed by atoms with Crippen molar-refractivity contribution in [1.29, 1.82) is 0 Å². The first-order valence-corrected chi connectivity index (χ1v) is 9.76. The summed E-state index contributed by atoms with van der Waals surface area (Å²) in [6.45, 7) is 6.07. The lowest BCUT2D eigenvalue weighted by Crippen LogP contribution is -2.48. The molecular formula is C22H26N2O3. The van der Waals surface area contributed by atoms with Gasteiger partial charge in [-0.1, -0.05) is 30.3 Å². The minimum atomic E-state index is -0.0988. The van der Waals surface area contributed by atoms with Gasteiger partial charge in [-0.15, -0.1) is 0 Å². The van der Waals surface area contributed by atoms with Crippen molar-refractivity contribution in [2.24, 2.45) is 0 Å². The second-order valence-corrected chi connectivity index (χ2v) is 7.03.